The lowest BCUT2D eigenvalue weighted by Gasteiger charge is -2.19. The van der Waals surface area contributed by atoms with Crippen LogP contribution < -0.4 is 14.8 Å². The van der Waals surface area contributed by atoms with E-state index >= 15 is 0 Å². The standard InChI is InChI=1S/C22H21NO3S/c1-15(27-14-17-7-4-6-16-5-2-3-8-19(16)17)22(24)23-18-9-10-20-21(13-18)26-12-11-25-20/h2-10,13,15H,11-12,14H2,1H3,(H,23,24)/t15-/m0/s1. The molecule has 0 aromatic heterocycles. The Morgan fingerprint density at radius 3 is 2.70 bits per heavy atom. The molecule has 5 heteroatoms. The molecule has 0 saturated heterocycles. The number of ether oxygens (including phenoxy) is 2. The fraction of sp³-hybridized carbons (Fsp3) is 0.227. The predicted octanol–water partition coefficient (Wildman–Crippen LogP) is 4.87. The number of benzene rings is 3. The predicted molar refractivity (Wildman–Crippen MR) is 111 cm³/mol. The molecule has 3 aromatic carbocycles. The minimum Gasteiger partial charge on any atom is -0.486 e. The molecule has 0 aliphatic carbocycles. The molecule has 1 atom stereocenters. The fourth-order valence-corrected chi connectivity index (χ4v) is 3.97. The van der Waals surface area contributed by atoms with E-state index in [1.54, 1.807) is 11.8 Å². The molecule has 3 aromatic rings. The molecule has 0 bridgehead atoms. The lowest BCUT2D eigenvalue weighted by molar-refractivity contribution is -0.115. The summed E-state index contributed by atoms with van der Waals surface area (Å²) in [7, 11) is 0. The molecule has 0 saturated carbocycles. The third-order valence-corrected chi connectivity index (χ3v) is 5.74. The molecule has 1 aliphatic heterocycles. The molecular weight excluding hydrogens is 358 g/mol. The number of nitrogens with one attached hydrogen (secondary N) is 1. The zero-order valence-electron chi connectivity index (χ0n) is 15.1. The smallest absolute Gasteiger partial charge is 0.237 e. The zero-order valence-corrected chi connectivity index (χ0v) is 15.9. The van der Waals surface area contributed by atoms with Crippen molar-refractivity contribution >= 4 is 34.1 Å². The van der Waals surface area contributed by atoms with Gasteiger partial charge in [0.15, 0.2) is 11.5 Å². The van der Waals surface area contributed by atoms with E-state index < -0.39 is 0 Å². The topological polar surface area (TPSA) is 47.6 Å². The average molecular weight is 379 g/mol. The third-order valence-electron chi connectivity index (χ3n) is 4.55. The van der Waals surface area contributed by atoms with Gasteiger partial charge >= 0.3 is 0 Å². The van der Waals surface area contributed by atoms with Gasteiger partial charge in [-0.05, 0) is 35.4 Å². The van der Waals surface area contributed by atoms with Crippen LogP contribution in [0.25, 0.3) is 10.8 Å². The lowest BCUT2D eigenvalue weighted by Crippen LogP contribution is -2.23. The second-order valence-corrected chi connectivity index (χ2v) is 7.77. The van der Waals surface area contributed by atoms with E-state index in [0.717, 1.165) is 17.2 Å². The van der Waals surface area contributed by atoms with Gasteiger partial charge in [-0.15, -0.1) is 11.8 Å². The summed E-state index contributed by atoms with van der Waals surface area (Å²) >= 11 is 1.63. The van der Waals surface area contributed by atoms with Gasteiger partial charge in [-0.3, -0.25) is 4.79 Å². The molecule has 138 valence electrons. The van der Waals surface area contributed by atoms with Crippen LogP contribution in [0.15, 0.2) is 60.7 Å². The van der Waals surface area contributed by atoms with Crippen LogP contribution in [0, 0.1) is 0 Å². The van der Waals surface area contributed by atoms with Crippen LogP contribution >= 0.6 is 11.8 Å². The van der Waals surface area contributed by atoms with Crippen molar-refractivity contribution < 1.29 is 14.3 Å². The summed E-state index contributed by atoms with van der Waals surface area (Å²) in [6, 6.07) is 20.1. The normalized spacial score (nSPS) is 14.0. The van der Waals surface area contributed by atoms with E-state index in [2.05, 4.69) is 41.7 Å². The van der Waals surface area contributed by atoms with Crippen molar-refractivity contribution in [3.05, 3.63) is 66.2 Å². The van der Waals surface area contributed by atoms with Crippen molar-refractivity contribution in [3.8, 4) is 11.5 Å². The molecule has 27 heavy (non-hydrogen) atoms. The van der Waals surface area contributed by atoms with Crippen molar-refractivity contribution in [2.75, 3.05) is 18.5 Å². The molecule has 4 rings (SSSR count). The summed E-state index contributed by atoms with van der Waals surface area (Å²) in [4.78, 5) is 12.6. The Morgan fingerprint density at radius 2 is 1.81 bits per heavy atom. The number of carbonyl (C=O) groups excluding carboxylic acids is 1. The molecule has 0 radical (unpaired) electrons. The number of fused-ring (bicyclic) bond motifs is 2. The van der Waals surface area contributed by atoms with E-state index in [1.165, 1.54) is 16.3 Å². The fourth-order valence-electron chi connectivity index (χ4n) is 3.07. The van der Waals surface area contributed by atoms with Crippen LogP contribution in [-0.2, 0) is 10.5 Å². The molecule has 4 nitrogen and oxygen atoms in total. The minimum absolute atomic E-state index is 0.0167. The quantitative estimate of drug-likeness (QED) is 0.687. The minimum atomic E-state index is -0.169. The summed E-state index contributed by atoms with van der Waals surface area (Å²) in [6.07, 6.45) is 0. The summed E-state index contributed by atoms with van der Waals surface area (Å²) in [6.45, 7) is 3.02. The van der Waals surface area contributed by atoms with E-state index in [4.69, 9.17) is 9.47 Å². The van der Waals surface area contributed by atoms with Crippen LogP contribution in [0.5, 0.6) is 11.5 Å². The average Bonchev–Trinajstić information content (AvgIpc) is 2.71. The number of hydrogen-bond donors (Lipinski definition) is 1. The van der Waals surface area contributed by atoms with Gasteiger partial charge < -0.3 is 14.8 Å². The SMILES string of the molecule is C[C@H](SCc1cccc2ccccc12)C(=O)Nc1ccc2c(c1)OCCO2. The molecule has 0 fully saturated rings. The van der Waals surface area contributed by atoms with Crippen LogP contribution in [0.1, 0.15) is 12.5 Å². The van der Waals surface area contributed by atoms with Gasteiger partial charge in [-0.2, -0.15) is 0 Å². The highest BCUT2D eigenvalue weighted by molar-refractivity contribution is 7.99. The maximum absolute atomic E-state index is 12.6. The van der Waals surface area contributed by atoms with Crippen LogP contribution in [-0.4, -0.2) is 24.4 Å². The first kappa shape index (κ1) is 17.7. The van der Waals surface area contributed by atoms with E-state index in [9.17, 15) is 4.79 Å². The second-order valence-electron chi connectivity index (χ2n) is 6.44. The Hall–Kier alpha value is -2.66. The molecule has 1 N–H and O–H groups in total. The molecule has 0 spiro atoms. The second kappa shape index (κ2) is 7.92. The Labute approximate surface area is 162 Å². The Bertz CT molecular complexity index is 967. The highest BCUT2D eigenvalue weighted by Gasteiger charge is 2.17. The monoisotopic (exact) mass is 379 g/mol. The van der Waals surface area contributed by atoms with Crippen molar-refractivity contribution in [3.63, 3.8) is 0 Å². The number of anilines is 1. The maximum atomic E-state index is 12.6. The largest absolute Gasteiger partial charge is 0.486 e. The number of hydrogen-bond acceptors (Lipinski definition) is 4. The maximum Gasteiger partial charge on any atom is 0.237 e. The number of amides is 1. The Morgan fingerprint density at radius 1 is 1.04 bits per heavy atom. The lowest BCUT2D eigenvalue weighted by atomic mass is 10.1. The van der Waals surface area contributed by atoms with Gasteiger partial charge in [0.2, 0.25) is 5.91 Å². The van der Waals surface area contributed by atoms with Crippen LogP contribution in [0.4, 0.5) is 5.69 Å². The first-order valence-electron chi connectivity index (χ1n) is 8.99. The van der Waals surface area contributed by atoms with Crippen molar-refractivity contribution in [1.29, 1.82) is 0 Å². The molecule has 0 unspecified atom stereocenters. The molecular formula is C22H21NO3S. The Balaban J connectivity index is 1.39. The van der Waals surface area contributed by atoms with Crippen molar-refractivity contribution in [2.24, 2.45) is 0 Å². The Kier molecular flexibility index (Phi) is 5.21. The molecule has 1 amide bonds. The van der Waals surface area contributed by atoms with E-state index in [0.29, 0.717) is 19.0 Å². The first-order chi connectivity index (χ1) is 13.2. The summed E-state index contributed by atoms with van der Waals surface area (Å²) < 4.78 is 11.1. The van der Waals surface area contributed by atoms with Crippen LogP contribution in [0.3, 0.4) is 0 Å². The number of carbonyl (C=O) groups is 1. The van der Waals surface area contributed by atoms with Gasteiger partial charge in [0, 0.05) is 17.5 Å². The zero-order chi connectivity index (χ0) is 18.6. The summed E-state index contributed by atoms with van der Waals surface area (Å²) in [5.74, 6) is 2.17. The molecule has 1 aliphatic rings. The van der Waals surface area contributed by atoms with Crippen LogP contribution in [0.2, 0.25) is 0 Å². The van der Waals surface area contributed by atoms with Gasteiger partial charge in [0.25, 0.3) is 0 Å². The van der Waals surface area contributed by atoms with Crippen molar-refractivity contribution in [2.45, 2.75) is 17.9 Å². The van der Waals surface area contributed by atoms with Gasteiger partial charge in [-0.25, -0.2) is 0 Å². The van der Waals surface area contributed by atoms with E-state index in [1.807, 2.05) is 31.2 Å². The first-order valence-corrected chi connectivity index (χ1v) is 10.0. The highest BCUT2D eigenvalue weighted by Crippen LogP contribution is 2.33. The number of thioether (sulfide) groups is 1. The van der Waals surface area contributed by atoms with E-state index in [-0.39, 0.29) is 11.2 Å². The molecule has 1 heterocycles. The van der Waals surface area contributed by atoms with Crippen molar-refractivity contribution in [1.82, 2.24) is 0 Å². The number of rotatable bonds is 5. The summed E-state index contributed by atoms with van der Waals surface area (Å²) in [5.41, 5.74) is 1.97. The van der Waals surface area contributed by atoms with Gasteiger partial charge in [0.05, 0.1) is 5.25 Å². The third kappa shape index (κ3) is 4.03. The summed E-state index contributed by atoms with van der Waals surface area (Å²) in [5, 5.41) is 5.27. The van der Waals surface area contributed by atoms with Gasteiger partial charge in [-0.1, -0.05) is 42.5 Å². The highest BCUT2D eigenvalue weighted by atomic mass is 32.2. The van der Waals surface area contributed by atoms with Gasteiger partial charge in [0.1, 0.15) is 13.2 Å².